The highest BCUT2D eigenvalue weighted by atomic mass is 19.4. The maximum Gasteiger partial charge on any atom is 0.490 e. The van der Waals surface area contributed by atoms with E-state index in [4.69, 9.17) is 24.2 Å². The van der Waals surface area contributed by atoms with Gasteiger partial charge >= 0.3 is 24.3 Å². The summed E-state index contributed by atoms with van der Waals surface area (Å²) in [7, 11) is 2.14. The number of benzene rings is 1. The molecule has 2 fully saturated rings. The van der Waals surface area contributed by atoms with Crippen molar-refractivity contribution in [2.45, 2.75) is 55.9 Å². The minimum Gasteiger partial charge on any atom is -0.475 e. The van der Waals surface area contributed by atoms with Crippen LogP contribution in [0.4, 0.5) is 26.3 Å². The van der Waals surface area contributed by atoms with Crippen molar-refractivity contribution < 1.29 is 55.4 Å². The van der Waals surface area contributed by atoms with Crippen molar-refractivity contribution in [3.8, 4) is 0 Å². The molecule has 5 rings (SSSR count). The third kappa shape index (κ3) is 9.45. The number of halogens is 6. The van der Waals surface area contributed by atoms with Crippen molar-refractivity contribution in [1.82, 2.24) is 14.7 Å². The van der Waals surface area contributed by atoms with Gasteiger partial charge in [-0.05, 0) is 74.0 Å². The third-order valence-corrected chi connectivity index (χ3v) is 8.14. The zero-order valence-corrected chi connectivity index (χ0v) is 24.0. The lowest BCUT2D eigenvalue weighted by Crippen LogP contribution is -2.47. The lowest BCUT2D eigenvalue weighted by molar-refractivity contribution is -0.193. The molecule has 3 heterocycles. The Morgan fingerprint density at radius 2 is 1.41 bits per heavy atom. The largest absolute Gasteiger partial charge is 0.490 e. The molecular formula is C29H35F6N3O6. The predicted octanol–water partition coefficient (Wildman–Crippen LogP) is 4.73. The number of hydrogen-bond acceptors (Lipinski definition) is 6. The van der Waals surface area contributed by atoms with E-state index in [1.807, 2.05) is 6.07 Å². The summed E-state index contributed by atoms with van der Waals surface area (Å²) in [5, 5.41) is 14.2. The van der Waals surface area contributed by atoms with Gasteiger partial charge in [-0.25, -0.2) is 9.59 Å². The lowest BCUT2D eigenvalue weighted by Gasteiger charge is -2.40. The first-order chi connectivity index (χ1) is 20.5. The number of nitrogens with zero attached hydrogens (tertiary/aromatic N) is 3. The van der Waals surface area contributed by atoms with Crippen LogP contribution in [0.25, 0.3) is 0 Å². The maximum atomic E-state index is 13.1. The molecule has 1 atom stereocenters. The number of amides is 1. The Morgan fingerprint density at radius 1 is 0.864 bits per heavy atom. The number of furan rings is 1. The number of carbonyl (C=O) groups is 3. The number of alkyl halides is 6. The van der Waals surface area contributed by atoms with Gasteiger partial charge < -0.3 is 24.4 Å². The van der Waals surface area contributed by atoms with Gasteiger partial charge in [-0.15, -0.1) is 0 Å². The maximum absolute atomic E-state index is 13.1. The van der Waals surface area contributed by atoms with Gasteiger partial charge in [-0.3, -0.25) is 9.69 Å². The first kappa shape index (κ1) is 34.9. The molecule has 2 aromatic rings. The highest BCUT2D eigenvalue weighted by molar-refractivity contribution is 5.77. The SMILES string of the molecule is CN1CCN(C(=O)CC2CC3(CCN(Cc4ccco4)CC3)c3ccccc32)CC1.O=C(O)C(F)(F)F.O=C(O)C(F)(F)F. The molecule has 15 heteroatoms. The van der Waals surface area contributed by atoms with Crippen LogP contribution in [0.1, 0.15) is 48.5 Å². The second-order valence-electron chi connectivity index (χ2n) is 11.1. The van der Waals surface area contributed by atoms with Gasteiger partial charge in [0.1, 0.15) is 5.76 Å². The summed E-state index contributed by atoms with van der Waals surface area (Å²) in [4.78, 5) is 37.7. The minimum absolute atomic E-state index is 0.239. The Morgan fingerprint density at radius 3 is 1.91 bits per heavy atom. The molecule has 1 aromatic carbocycles. The summed E-state index contributed by atoms with van der Waals surface area (Å²) >= 11 is 0. The van der Waals surface area contributed by atoms with E-state index in [2.05, 4.69) is 52.1 Å². The summed E-state index contributed by atoms with van der Waals surface area (Å²) in [6, 6.07) is 13.0. The summed E-state index contributed by atoms with van der Waals surface area (Å²) in [6.45, 7) is 6.80. The van der Waals surface area contributed by atoms with E-state index in [9.17, 15) is 31.1 Å². The van der Waals surface area contributed by atoms with Crippen molar-refractivity contribution in [3.05, 3.63) is 59.5 Å². The van der Waals surface area contributed by atoms with Gasteiger partial charge in [-0.1, -0.05) is 24.3 Å². The lowest BCUT2D eigenvalue weighted by atomic mass is 9.73. The minimum atomic E-state index is -5.08. The van der Waals surface area contributed by atoms with Gasteiger partial charge in [0.15, 0.2) is 0 Å². The molecule has 1 aromatic heterocycles. The van der Waals surface area contributed by atoms with Crippen LogP contribution in [0.2, 0.25) is 0 Å². The Balaban J connectivity index is 0.000000317. The standard InChI is InChI=1S/C25H33N3O2.2C2HF3O2/c1-26-12-14-28(15-13-26)24(29)17-20-18-25(23-7-3-2-6-22(20)23)8-10-27(11-9-25)19-21-5-4-16-30-21;2*3-2(4,5)1(6)7/h2-7,16,20H,8-15,17-19H2,1H3;2*(H,6,7). The van der Waals surface area contributed by atoms with E-state index in [0.717, 1.165) is 58.0 Å². The first-order valence-corrected chi connectivity index (χ1v) is 13.9. The number of likely N-dealkylation sites (N-methyl/N-ethyl adjacent to an activating group) is 1. The summed E-state index contributed by atoms with van der Waals surface area (Å²) in [5.74, 6) is -3.76. The van der Waals surface area contributed by atoms with Crippen molar-refractivity contribution in [2.24, 2.45) is 0 Å². The number of carboxylic acid groups (broad SMARTS) is 2. The first-order valence-electron chi connectivity index (χ1n) is 13.9. The Hall–Kier alpha value is -3.59. The number of aliphatic carboxylic acids is 2. The molecule has 1 unspecified atom stereocenters. The Kier molecular flexibility index (Phi) is 11.5. The second kappa shape index (κ2) is 14.5. The fourth-order valence-electron chi connectivity index (χ4n) is 5.84. The number of rotatable bonds is 4. The van der Waals surface area contributed by atoms with Gasteiger partial charge in [0.25, 0.3) is 0 Å². The summed E-state index contributed by atoms with van der Waals surface area (Å²) in [6.07, 6.45) is -4.27. The van der Waals surface area contributed by atoms with Crippen LogP contribution in [0.3, 0.4) is 0 Å². The van der Waals surface area contributed by atoms with Crippen molar-refractivity contribution >= 4 is 17.8 Å². The molecule has 1 spiro atoms. The van der Waals surface area contributed by atoms with Crippen LogP contribution in [0.5, 0.6) is 0 Å². The van der Waals surface area contributed by atoms with E-state index in [0.29, 0.717) is 18.2 Å². The van der Waals surface area contributed by atoms with Crippen molar-refractivity contribution in [1.29, 1.82) is 0 Å². The van der Waals surface area contributed by atoms with E-state index < -0.39 is 24.3 Å². The molecule has 2 saturated heterocycles. The van der Waals surface area contributed by atoms with Gasteiger partial charge in [0, 0.05) is 32.6 Å². The van der Waals surface area contributed by atoms with Crippen LogP contribution in [0.15, 0.2) is 47.1 Å². The molecule has 0 radical (unpaired) electrons. The number of carbonyl (C=O) groups excluding carboxylic acids is 1. The predicted molar refractivity (Wildman–Crippen MR) is 145 cm³/mol. The Labute approximate surface area is 250 Å². The molecule has 2 aliphatic heterocycles. The van der Waals surface area contributed by atoms with Crippen LogP contribution in [-0.2, 0) is 26.3 Å². The number of hydrogen-bond donors (Lipinski definition) is 2. The highest BCUT2D eigenvalue weighted by Crippen LogP contribution is 2.52. The molecular weight excluding hydrogens is 600 g/mol. The fraction of sp³-hybridized carbons (Fsp3) is 0.552. The fourth-order valence-corrected chi connectivity index (χ4v) is 5.84. The number of likely N-dealkylation sites (tertiary alicyclic amines) is 1. The average molecular weight is 636 g/mol. The van der Waals surface area contributed by atoms with Crippen molar-refractivity contribution in [2.75, 3.05) is 46.3 Å². The number of fused-ring (bicyclic) bond motifs is 2. The zero-order chi connectivity index (χ0) is 32.7. The summed E-state index contributed by atoms with van der Waals surface area (Å²) < 4.78 is 69.0. The van der Waals surface area contributed by atoms with Gasteiger partial charge in [-0.2, -0.15) is 26.3 Å². The molecule has 2 N–H and O–H groups in total. The topological polar surface area (TPSA) is 115 Å². The molecule has 1 aliphatic carbocycles. The average Bonchev–Trinajstić information content (AvgIpc) is 3.57. The third-order valence-electron chi connectivity index (χ3n) is 8.14. The van der Waals surface area contributed by atoms with Crippen LogP contribution >= 0.6 is 0 Å². The van der Waals surface area contributed by atoms with E-state index in [1.165, 1.54) is 24.0 Å². The molecule has 0 saturated carbocycles. The number of carboxylic acids is 2. The van der Waals surface area contributed by atoms with Gasteiger partial charge in [0.05, 0.1) is 12.8 Å². The molecule has 1 amide bonds. The zero-order valence-electron chi connectivity index (χ0n) is 24.0. The quantitative estimate of drug-likeness (QED) is 0.464. The van der Waals surface area contributed by atoms with E-state index in [1.54, 1.807) is 6.26 Å². The van der Waals surface area contributed by atoms with E-state index >= 15 is 0 Å². The monoisotopic (exact) mass is 635 g/mol. The summed E-state index contributed by atoms with van der Waals surface area (Å²) in [5.41, 5.74) is 3.18. The van der Waals surface area contributed by atoms with Crippen LogP contribution < -0.4 is 0 Å². The molecule has 244 valence electrons. The second-order valence-corrected chi connectivity index (χ2v) is 11.1. The van der Waals surface area contributed by atoms with Crippen molar-refractivity contribution in [3.63, 3.8) is 0 Å². The van der Waals surface area contributed by atoms with E-state index in [-0.39, 0.29) is 5.41 Å². The van der Waals surface area contributed by atoms with Crippen LogP contribution in [0, 0.1) is 0 Å². The molecule has 9 nitrogen and oxygen atoms in total. The molecule has 0 bridgehead atoms. The number of piperidine rings is 1. The number of piperazine rings is 1. The normalized spacial score (nSPS) is 20.2. The molecule has 44 heavy (non-hydrogen) atoms. The molecule has 3 aliphatic rings. The smallest absolute Gasteiger partial charge is 0.475 e. The Bertz CT molecular complexity index is 1230. The van der Waals surface area contributed by atoms with Crippen LogP contribution in [-0.4, -0.2) is 101 Å². The van der Waals surface area contributed by atoms with Gasteiger partial charge in [0.2, 0.25) is 5.91 Å². The highest BCUT2D eigenvalue weighted by Gasteiger charge is 2.46.